The number of rotatable bonds is 7. The van der Waals surface area contributed by atoms with Crippen LogP contribution in [0.25, 0.3) is 0 Å². The van der Waals surface area contributed by atoms with Crippen LogP contribution in [0, 0.1) is 12.8 Å². The van der Waals surface area contributed by atoms with Gasteiger partial charge < -0.3 is 9.30 Å². The first-order chi connectivity index (χ1) is 13.8. The molecule has 0 bridgehead atoms. The Labute approximate surface area is 174 Å². The molecule has 2 atom stereocenters. The van der Waals surface area contributed by atoms with Crippen LogP contribution in [-0.2, 0) is 21.2 Å². The molecular formula is C22H34N2O4S. The third-order valence-electron chi connectivity index (χ3n) is 6.13. The van der Waals surface area contributed by atoms with Gasteiger partial charge >= 0.3 is 0 Å². The fourth-order valence-electron chi connectivity index (χ4n) is 4.55. The van der Waals surface area contributed by atoms with E-state index in [0.717, 1.165) is 37.8 Å². The molecule has 29 heavy (non-hydrogen) atoms. The summed E-state index contributed by atoms with van der Waals surface area (Å²) < 4.78 is 34.5. The highest BCUT2D eigenvalue weighted by atomic mass is 32.2. The minimum Gasteiger partial charge on any atom is -0.376 e. The summed E-state index contributed by atoms with van der Waals surface area (Å²) in [5, 5.41) is 0. The summed E-state index contributed by atoms with van der Waals surface area (Å²) in [7, 11) is -3.37. The zero-order valence-corrected chi connectivity index (χ0v) is 18.6. The standard InChI is InChI=1S/C22H34N2O4S/c1-4-5-6-17-8-12-19(13-9-17)28-15-21-20(23-29(3,26)27)14-11-18-10-7-16(2)22(25)24(18)21/h5-7,10,17,19-21,23H,4,8-9,11-15H2,1-3H3/b6-5-. The first-order valence-electron chi connectivity index (χ1n) is 10.7. The second kappa shape index (κ2) is 9.58. The van der Waals surface area contributed by atoms with Crippen molar-refractivity contribution in [3.8, 4) is 0 Å². The van der Waals surface area contributed by atoms with Gasteiger partial charge in [0, 0.05) is 17.3 Å². The summed E-state index contributed by atoms with van der Waals surface area (Å²) in [4.78, 5) is 12.9. The maximum atomic E-state index is 12.9. The summed E-state index contributed by atoms with van der Waals surface area (Å²) in [5.74, 6) is 0.634. The number of allylic oxidation sites excluding steroid dienone is 2. The molecule has 1 aliphatic carbocycles. The first kappa shape index (κ1) is 22.2. The normalized spacial score (nSPS) is 27.8. The summed E-state index contributed by atoms with van der Waals surface area (Å²) in [5.41, 5.74) is 1.57. The molecule has 2 unspecified atom stereocenters. The lowest BCUT2D eigenvalue weighted by molar-refractivity contribution is -0.00355. The quantitative estimate of drug-likeness (QED) is 0.685. The fourth-order valence-corrected chi connectivity index (χ4v) is 5.38. The van der Waals surface area contributed by atoms with Crippen LogP contribution in [0.1, 0.15) is 62.7 Å². The van der Waals surface area contributed by atoms with E-state index in [2.05, 4.69) is 23.8 Å². The Bertz CT molecular complexity index is 883. The Morgan fingerprint density at radius 2 is 1.93 bits per heavy atom. The summed E-state index contributed by atoms with van der Waals surface area (Å²) in [6, 6.07) is 3.17. The van der Waals surface area contributed by atoms with Crippen LogP contribution >= 0.6 is 0 Å². The van der Waals surface area contributed by atoms with Gasteiger partial charge in [0.2, 0.25) is 10.0 Å². The summed E-state index contributed by atoms with van der Waals surface area (Å²) in [6.07, 6.45) is 12.6. The predicted octanol–water partition coefficient (Wildman–Crippen LogP) is 3.10. The molecule has 1 saturated carbocycles. The summed E-state index contributed by atoms with van der Waals surface area (Å²) in [6.45, 7) is 4.30. The Balaban J connectivity index is 1.73. The van der Waals surface area contributed by atoms with Gasteiger partial charge in [0.05, 0.1) is 25.0 Å². The van der Waals surface area contributed by atoms with Crippen molar-refractivity contribution in [3.63, 3.8) is 0 Å². The zero-order chi connectivity index (χ0) is 21.0. The van der Waals surface area contributed by atoms with Gasteiger partial charge in [-0.05, 0) is 63.9 Å². The first-order valence-corrected chi connectivity index (χ1v) is 12.6. The molecule has 0 saturated heterocycles. The minimum atomic E-state index is -3.37. The highest BCUT2D eigenvalue weighted by Gasteiger charge is 2.33. The summed E-state index contributed by atoms with van der Waals surface area (Å²) >= 11 is 0. The molecule has 1 aliphatic heterocycles. The third-order valence-corrected chi connectivity index (χ3v) is 6.86. The maximum Gasteiger partial charge on any atom is 0.254 e. The fraction of sp³-hybridized carbons (Fsp3) is 0.682. The largest absolute Gasteiger partial charge is 0.376 e. The van der Waals surface area contributed by atoms with Crippen molar-refractivity contribution in [2.75, 3.05) is 12.9 Å². The van der Waals surface area contributed by atoms with Gasteiger partial charge in [0.15, 0.2) is 0 Å². The molecule has 3 rings (SSSR count). The van der Waals surface area contributed by atoms with Crippen molar-refractivity contribution in [2.24, 2.45) is 5.92 Å². The number of aromatic nitrogens is 1. The Hall–Kier alpha value is -1.44. The van der Waals surface area contributed by atoms with E-state index in [1.807, 2.05) is 12.1 Å². The molecule has 1 aromatic heterocycles. The van der Waals surface area contributed by atoms with E-state index in [0.29, 0.717) is 30.9 Å². The molecule has 1 N–H and O–H groups in total. The molecule has 1 fully saturated rings. The van der Waals surface area contributed by atoms with Gasteiger partial charge in [0.25, 0.3) is 5.56 Å². The number of hydrogen-bond donors (Lipinski definition) is 1. The van der Waals surface area contributed by atoms with Gasteiger partial charge in [-0.2, -0.15) is 0 Å². The lowest BCUT2D eigenvalue weighted by atomic mass is 9.87. The van der Waals surface area contributed by atoms with Crippen LogP contribution in [0.5, 0.6) is 0 Å². The average molecular weight is 423 g/mol. The van der Waals surface area contributed by atoms with E-state index < -0.39 is 10.0 Å². The Morgan fingerprint density at radius 1 is 1.21 bits per heavy atom. The number of hydrogen-bond acceptors (Lipinski definition) is 4. The molecule has 0 spiro atoms. The van der Waals surface area contributed by atoms with Gasteiger partial charge in [-0.15, -0.1) is 0 Å². The number of pyridine rings is 1. The average Bonchev–Trinajstić information content (AvgIpc) is 2.68. The molecule has 0 radical (unpaired) electrons. The van der Waals surface area contributed by atoms with Crippen LogP contribution in [0.4, 0.5) is 0 Å². The second-order valence-corrected chi connectivity index (χ2v) is 10.3. The van der Waals surface area contributed by atoms with Crippen molar-refractivity contribution in [3.05, 3.63) is 45.9 Å². The van der Waals surface area contributed by atoms with E-state index in [1.54, 1.807) is 11.5 Å². The van der Waals surface area contributed by atoms with Crippen LogP contribution in [-0.4, -0.2) is 38.0 Å². The predicted molar refractivity (Wildman–Crippen MR) is 116 cm³/mol. The number of ether oxygens (including phenoxy) is 1. The monoisotopic (exact) mass is 422 g/mol. The smallest absolute Gasteiger partial charge is 0.254 e. The lowest BCUT2D eigenvalue weighted by Gasteiger charge is -2.37. The number of aryl methyl sites for hydroxylation is 2. The van der Waals surface area contributed by atoms with Crippen molar-refractivity contribution in [2.45, 2.75) is 77.0 Å². The van der Waals surface area contributed by atoms with Crippen molar-refractivity contribution >= 4 is 10.0 Å². The Kier molecular flexibility index (Phi) is 7.35. The molecule has 0 amide bonds. The number of sulfonamides is 1. The van der Waals surface area contributed by atoms with E-state index in [4.69, 9.17) is 4.74 Å². The Morgan fingerprint density at radius 3 is 2.59 bits per heavy atom. The van der Waals surface area contributed by atoms with Crippen molar-refractivity contribution in [1.29, 1.82) is 0 Å². The molecular weight excluding hydrogens is 388 g/mol. The van der Waals surface area contributed by atoms with Crippen LogP contribution in [0.3, 0.4) is 0 Å². The molecule has 7 heteroatoms. The highest BCUT2D eigenvalue weighted by Crippen LogP contribution is 2.30. The number of fused-ring (bicyclic) bond motifs is 1. The van der Waals surface area contributed by atoms with E-state index in [9.17, 15) is 13.2 Å². The van der Waals surface area contributed by atoms with E-state index >= 15 is 0 Å². The van der Waals surface area contributed by atoms with Crippen molar-refractivity contribution in [1.82, 2.24) is 9.29 Å². The minimum absolute atomic E-state index is 0.0514. The molecule has 162 valence electrons. The van der Waals surface area contributed by atoms with Gasteiger partial charge in [0.1, 0.15) is 0 Å². The lowest BCUT2D eigenvalue weighted by Crippen LogP contribution is -2.49. The number of nitrogens with one attached hydrogen (secondary N) is 1. The van der Waals surface area contributed by atoms with E-state index in [-0.39, 0.29) is 23.7 Å². The second-order valence-electron chi connectivity index (χ2n) is 8.49. The van der Waals surface area contributed by atoms with Gasteiger partial charge in [-0.3, -0.25) is 4.79 Å². The SMILES string of the molecule is CC/C=C\C1CCC(OCC2C(NS(C)(=O)=O)CCc3ccc(C)c(=O)n32)CC1. The van der Waals surface area contributed by atoms with Crippen LogP contribution < -0.4 is 10.3 Å². The molecule has 2 aliphatic rings. The molecule has 1 aromatic rings. The molecule has 6 nitrogen and oxygen atoms in total. The van der Waals surface area contributed by atoms with Crippen LogP contribution in [0.2, 0.25) is 0 Å². The molecule has 0 aromatic carbocycles. The number of nitrogens with zero attached hydrogens (tertiary/aromatic N) is 1. The maximum absolute atomic E-state index is 12.9. The van der Waals surface area contributed by atoms with E-state index in [1.165, 1.54) is 6.26 Å². The van der Waals surface area contributed by atoms with Gasteiger partial charge in [-0.25, -0.2) is 13.1 Å². The topological polar surface area (TPSA) is 77.4 Å². The van der Waals surface area contributed by atoms with Gasteiger partial charge in [-0.1, -0.05) is 25.1 Å². The highest BCUT2D eigenvalue weighted by molar-refractivity contribution is 7.88. The third kappa shape index (κ3) is 5.80. The zero-order valence-electron chi connectivity index (χ0n) is 17.8. The molecule has 2 heterocycles. The van der Waals surface area contributed by atoms with Crippen LogP contribution in [0.15, 0.2) is 29.1 Å². The van der Waals surface area contributed by atoms with Crippen molar-refractivity contribution < 1.29 is 13.2 Å².